The van der Waals surface area contributed by atoms with Crippen molar-refractivity contribution in [3.8, 4) is 0 Å². The van der Waals surface area contributed by atoms with E-state index in [2.05, 4.69) is 5.32 Å². The van der Waals surface area contributed by atoms with Crippen LogP contribution in [-0.2, 0) is 0 Å². The second-order valence-electron chi connectivity index (χ2n) is 5.08. The summed E-state index contributed by atoms with van der Waals surface area (Å²) >= 11 is 1.50. The molecule has 0 saturated carbocycles. The zero-order chi connectivity index (χ0) is 14.0. The van der Waals surface area contributed by atoms with Crippen LogP contribution in [0.25, 0.3) is 10.1 Å². The van der Waals surface area contributed by atoms with Gasteiger partial charge in [-0.3, -0.25) is 4.79 Å². The molecular formula is C15H19NO2S. The number of aliphatic hydroxyl groups is 1. The molecule has 1 aromatic heterocycles. The average Bonchev–Trinajstić information content (AvgIpc) is 2.76. The number of hydrogen-bond donors (Lipinski definition) is 2. The molecule has 102 valence electrons. The van der Waals surface area contributed by atoms with Crippen molar-refractivity contribution in [1.29, 1.82) is 0 Å². The van der Waals surface area contributed by atoms with E-state index < -0.39 is 5.54 Å². The minimum atomic E-state index is -0.556. The van der Waals surface area contributed by atoms with Crippen LogP contribution >= 0.6 is 11.3 Å². The molecule has 4 heteroatoms. The fourth-order valence-corrected chi connectivity index (χ4v) is 3.07. The minimum absolute atomic E-state index is 0.0564. The molecule has 2 N–H and O–H groups in total. The molecule has 0 saturated heterocycles. The molecule has 0 aliphatic carbocycles. The van der Waals surface area contributed by atoms with Crippen molar-refractivity contribution in [3.63, 3.8) is 0 Å². The maximum absolute atomic E-state index is 12.4. The largest absolute Gasteiger partial charge is 0.394 e. The van der Waals surface area contributed by atoms with E-state index in [0.717, 1.165) is 20.5 Å². The SMILES string of the molecule is CCC(C)(CO)NC(=O)c1sc2ccccc2c1C. The number of carbonyl (C=O) groups excluding carboxylic acids is 1. The number of thiophene rings is 1. The Hall–Kier alpha value is -1.39. The molecule has 0 spiro atoms. The molecule has 1 heterocycles. The molecule has 0 fully saturated rings. The Kier molecular flexibility index (Phi) is 3.92. The van der Waals surface area contributed by atoms with Gasteiger partial charge >= 0.3 is 0 Å². The first-order valence-electron chi connectivity index (χ1n) is 6.42. The summed E-state index contributed by atoms with van der Waals surface area (Å²) in [4.78, 5) is 13.1. The van der Waals surface area contributed by atoms with Crippen molar-refractivity contribution in [2.45, 2.75) is 32.7 Å². The summed E-state index contributed by atoms with van der Waals surface area (Å²) in [5.41, 5.74) is 0.453. The zero-order valence-corrected chi connectivity index (χ0v) is 12.3. The van der Waals surface area contributed by atoms with Crippen LogP contribution in [0, 0.1) is 6.92 Å². The predicted molar refractivity (Wildman–Crippen MR) is 79.8 cm³/mol. The third kappa shape index (κ3) is 2.65. The van der Waals surface area contributed by atoms with Gasteiger partial charge in [0, 0.05) is 4.70 Å². The van der Waals surface area contributed by atoms with Crippen LogP contribution in [0.2, 0.25) is 0 Å². The lowest BCUT2D eigenvalue weighted by Crippen LogP contribution is -2.48. The third-order valence-electron chi connectivity index (χ3n) is 3.59. The Balaban J connectivity index is 2.34. The highest BCUT2D eigenvalue weighted by Crippen LogP contribution is 2.30. The van der Waals surface area contributed by atoms with Crippen LogP contribution in [0.3, 0.4) is 0 Å². The molecule has 1 aromatic carbocycles. The zero-order valence-electron chi connectivity index (χ0n) is 11.5. The molecule has 0 aliphatic heterocycles. The average molecular weight is 277 g/mol. The van der Waals surface area contributed by atoms with Gasteiger partial charge in [0.25, 0.3) is 5.91 Å². The lowest BCUT2D eigenvalue weighted by Gasteiger charge is -2.27. The molecule has 0 radical (unpaired) electrons. The predicted octanol–water partition coefficient (Wildman–Crippen LogP) is 3.10. The van der Waals surface area contributed by atoms with Crippen molar-refractivity contribution >= 4 is 27.3 Å². The molecular weight excluding hydrogens is 258 g/mol. The van der Waals surface area contributed by atoms with E-state index in [1.54, 1.807) is 0 Å². The first-order valence-corrected chi connectivity index (χ1v) is 7.24. The standard InChI is InChI=1S/C15H19NO2S/c1-4-15(3,9-17)16-14(18)13-10(2)11-7-5-6-8-12(11)19-13/h5-8,17H,4,9H2,1-3H3,(H,16,18). The molecule has 1 atom stereocenters. The number of amides is 1. The number of nitrogens with one attached hydrogen (secondary N) is 1. The van der Waals surface area contributed by atoms with Crippen molar-refractivity contribution in [3.05, 3.63) is 34.7 Å². The summed E-state index contributed by atoms with van der Waals surface area (Å²) in [5, 5.41) is 13.4. The van der Waals surface area contributed by atoms with Crippen LogP contribution < -0.4 is 5.32 Å². The number of carbonyl (C=O) groups is 1. The summed E-state index contributed by atoms with van der Waals surface area (Å²) < 4.78 is 1.12. The summed E-state index contributed by atoms with van der Waals surface area (Å²) in [6.45, 7) is 5.72. The monoisotopic (exact) mass is 277 g/mol. The second-order valence-corrected chi connectivity index (χ2v) is 6.13. The third-order valence-corrected chi connectivity index (χ3v) is 4.87. The normalized spacial score (nSPS) is 14.3. The van der Waals surface area contributed by atoms with E-state index in [9.17, 15) is 9.90 Å². The van der Waals surface area contributed by atoms with Crippen LogP contribution in [0.5, 0.6) is 0 Å². The highest BCUT2D eigenvalue weighted by Gasteiger charge is 2.25. The van der Waals surface area contributed by atoms with Gasteiger partial charge in [0.2, 0.25) is 0 Å². The first-order chi connectivity index (χ1) is 9.00. The van der Waals surface area contributed by atoms with Gasteiger partial charge in [0.1, 0.15) is 0 Å². The molecule has 1 amide bonds. The highest BCUT2D eigenvalue weighted by molar-refractivity contribution is 7.21. The second kappa shape index (κ2) is 5.31. The lowest BCUT2D eigenvalue weighted by atomic mass is 10.00. The van der Waals surface area contributed by atoms with Crippen LogP contribution in [0.4, 0.5) is 0 Å². The van der Waals surface area contributed by atoms with Gasteiger partial charge in [-0.15, -0.1) is 11.3 Å². The Morgan fingerprint density at radius 2 is 2.11 bits per heavy atom. The van der Waals surface area contributed by atoms with Crippen molar-refractivity contribution < 1.29 is 9.90 Å². The Morgan fingerprint density at radius 3 is 2.68 bits per heavy atom. The molecule has 19 heavy (non-hydrogen) atoms. The van der Waals surface area contributed by atoms with E-state index in [4.69, 9.17) is 0 Å². The number of aryl methyl sites for hydroxylation is 1. The van der Waals surface area contributed by atoms with Gasteiger partial charge in [-0.05, 0) is 37.3 Å². The van der Waals surface area contributed by atoms with Gasteiger partial charge < -0.3 is 10.4 Å². The smallest absolute Gasteiger partial charge is 0.262 e. The number of fused-ring (bicyclic) bond motifs is 1. The number of benzene rings is 1. The molecule has 2 rings (SSSR count). The summed E-state index contributed by atoms with van der Waals surface area (Å²) in [5.74, 6) is -0.0999. The van der Waals surface area contributed by atoms with Crippen LogP contribution in [-0.4, -0.2) is 23.2 Å². The van der Waals surface area contributed by atoms with Crippen molar-refractivity contribution in [2.24, 2.45) is 0 Å². The summed E-state index contributed by atoms with van der Waals surface area (Å²) in [7, 11) is 0. The Bertz CT molecular complexity index is 599. The van der Waals surface area contributed by atoms with E-state index in [1.807, 2.05) is 45.0 Å². The fourth-order valence-electron chi connectivity index (χ4n) is 1.96. The highest BCUT2D eigenvalue weighted by atomic mass is 32.1. The van der Waals surface area contributed by atoms with E-state index >= 15 is 0 Å². The van der Waals surface area contributed by atoms with Gasteiger partial charge in [-0.2, -0.15) is 0 Å². The quantitative estimate of drug-likeness (QED) is 0.902. The molecule has 1 unspecified atom stereocenters. The van der Waals surface area contributed by atoms with E-state index in [0.29, 0.717) is 6.42 Å². The summed E-state index contributed by atoms with van der Waals surface area (Å²) in [6.07, 6.45) is 0.694. The van der Waals surface area contributed by atoms with Gasteiger partial charge in [0.15, 0.2) is 0 Å². The van der Waals surface area contributed by atoms with Crippen LogP contribution in [0.15, 0.2) is 24.3 Å². The fraction of sp³-hybridized carbons (Fsp3) is 0.400. The number of rotatable bonds is 4. The number of aliphatic hydroxyl groups excluding tert-OH is 1. The summed E-state index contributed by atoms with van der Waals surface area (Å²) in [6, 6.07) is 8.01. The van der Waals surface area contributed by atoms with Gasteiger partial charge in [-0.1, -0.05) is 25.1 Å². The number of hydrogen-bond acceptors (Lipinski definition) is 3. The van der Waals surface area contributed by atoms with Crippen molar-refractivity contribution in [1.82, 2.24) is 5.32 Å². The maximum Gasteiger partial charge on any atom is 0.262 e. The minimum Gasteiger partial charge on any atom is -0.394 e. The maximum atomic E-state index is 12.4. The molecule has 2 aromatic rings. The van der Waals surface area contributed by atoms with E-state index in [1.165, 1.54) is 11.3 Å². The topological polar surface area (TPSA) is 49.3 Å². The van der Waals surface area contributed by atoms with Gasteiger partial charge in [0.05, 0.1) is 17.0 Å². The molecule has 0 aliphatic rings. The Morgan fingerprint density at radius 1 is 1.42 bits per heavy atom. The van der Waals surface area contributed by atoms with Crippen LogP contribution in [0.1, 0.15) is 35.5 Å². The Labute approximate surface area is 117 Å². The lowest BCUT2D eigenvalue weighted by molar-refractivity contribution is 0.0851. The molecule has 3 nitrogen and oxygen atoms in total. The van der Waals surface area contributed by atoms with E-state index in [-0.39, 0.29) is 12.5 Å². The molecule has 0 bridgehead atoms. The first kappa shape index (κ1) is 14.0. The van der Waals surface area contributed by atoms with Gasteiger partial charge in [-0.25, -0.2) is 0 Å². The van der Waals surface area contributed by atoms with Crippen molar-refractivity contribution in [2.75, 3.05) is 6.61 Å².